The van der Waals surface area contributed by atoms with E-state index in [2.05, 4.69) is 196 Å². The van der Waals surface area contributed by atoms with Crippen molar-refractivity contribution >= 4 is 28.4 Å². The number of hydrogen-bond acceptors (Lipinski definition) is 2. The van der Waals surface area contributed by atoms with Crippen molar-refractivity contribution in [1.82, 2.24) is 0 Å². The van der Waals surface area contributed by atoms with Crippen molar-refractivity contribution in [1.29, 1.82) is 0 Å². The van der Waals surface area contributed by atoms with Gasteiger partial charge in [-0.3, -0.25) is 0 Å². The molecule has 0 radical (unpaired) electrons. The third kappa shape index (κ3) is 5.09. The Morgan fingerprint density at radius 1 is 0.615 bits per heavy atom. The zero-order valence-corrected chi connectivity index (χ0v) is 29.9. The number of para-hydroxylation sites is 1. The average molecular weight is 672 g/mol. The Morgan fingerprint density at radius 2 is 1.27 bits per heavy atom. The van der Waals surface area contributed by atoms with E-state index in [9.17, 15) is 0 Å². The molecule has 2 aliphatic carbocycles. The molecule has 0 amide bonds. The van der Waals surface area contributed by atoms with Crippen LogP contribution in [0.1, 0.15) is 60.8 Å². The first-order valence-electron chi connectivity index (χ1n) is 18.3. The van der Waals surface area contributed by atoms with E-state index in [-0.39, 0.29) is 0 Å². The third-order valence-electron chi connectivity index (χ3n) is 10.8. The molecule has 0 spiro atoms. The summed E-state index contributed by atoms with van der Waals surface area (Å²) in [5.74, 6) is 0.998. The van der Waals surface area contributed by atoms with Crippen molar-refractivity contribution < 1.29 is 4.42 Å². The van der Waals surface area contributed by atoms with Crippen LogP contribution < -0.4 is 4.90 Å². The van der Waals surface area contributed by atoms with Crippen LogP contribution in [-0.2, 0) is 11.8 Å². The number of allylic oxidation sites excluding steroid dienone is 5. The molecule has 2 nitrogen and oxygen atoms in total. The summed E-state index contributed by atoms with van der Waals surface area (Å²) in [4.78, 5) is 2.39. The first kappa shape index (κ1) is 31.8. The summed E-state index contributed by atoms with van der Waals surface area (Å²) in [5.41, 5.74) is 16.4. The van der Waals surface area contributed by atoms with E-state index < -0.39 is 5.41 Å². The molecule has 6 aromatic carbocycles. The Morgan fingerprint density at radius 3 is 2.00 bits per heavy atom. The minimum atomic E-state index is -0.465. The molecule has 1 heterocycles. The quantitative estimate of drug-likeness (QED) is 0.157. The Kier molecular flexibility index (Phi) is 7.89. The summed E-state index contributed by atoms with van der Waals surface area (Å²) in [6.45, 7) is 6.50. The first-order chi connectivity index (χ1) is 25.5. The molecule has 7 aromatic rings. The smallest absolute Gasteiger partial charge is 0.142 e. The van der Waals surface area contributed by atoms with Gasteiger partial charge in [0, 0.05) is 33.6 Å². The van der Waals surface area contributed by atoms with Crippen LogP contribution in [0.5, 0.6) is 0 Å². The van der Waals surface area contributed by atoms with Crippen LogP contribution in [0.2, 0.25) is 0 Å². The normalized spacial score (nSPS) is 14.1. The van der Waals surface area contributed by atoms with Gasteiger partial charge in [0.1, 0.15) is 11.3 Å². The SMILES string of the molecule is CC(C)=C/C=C(\C)N(c1ccc(-c2cccc3c4c(oc23)C=CCC4)cc1)c1ccc2c(c1)C(c1ccccc1)(c1ccccc1)c1ccccc1-2. The van der Waals surface area contributed by atoms with Crippen LogP contribution in [0.3, 0.4) is 0 Å². The Balaban J connectivity index is 1.22. The van der Waals surface area contributed by atoms with Gasteiger partial charge in [-0.2, -0.15) is 0 Å². The number of anilines is 2. The first-order valence-corrected chi connectivity index (χ1v) is 18.3. The molecule has 9 rings (SSSR count). The highest BCUT2D eigenvalue weighted by atomic mass is 16.3. The minimum absolute atomic E-state index is 0.465. The monoisotopic (exact) mass is 671 g/mol. The zero-order valence-electron chi connectivity index (χ0n) is 29.9. The molecule has 0 aliphatic heterocycles. The van der Waals surface area contributed by atoms with Gasteiger partial charge in [-0.05, 0) is 109 Å². The summed E-state index contributed by atoms with van der Waals surface area (Å²) in [6.07, 6.45) is 10.9. The van der Waals surface area contributed by atoms with Gasteiger partial charge in [-0.1, -0.05) is 139 Å². The Bertz CT molecular complexity index is 2490. The maximum atomic E-state index is 6.46. The summed E-state index contributed by atoms with van der Waals surface area (Å²) in [7, 11) is 0. The van der Waals surface area contributed by atoms with E-state index >= 15 is 0 Å². The third-order valence-corrected chi connectivity index (χ3v) is 10.8. The molecule has 2 heteroatoms. The molecular weight excluding hydrogens is 631 g/mol. The second-order valence-electron chi connectivity index (χ2n) is 14.3. The Hall–Kier alpha value is -6.12. The number of fused-ring (bicyclic) bond motifs is 6. The van der Waals surface area contributed by atoms with E-state index in [4.69, 9.17) is 4.42 Å². The number of furan rings is 1. The van der Waals surface area contributed by atoms with Crippen LogP contribution >= 0.6 is 0 Å². The molecule has 0 unspecified atom stereocenters. The number of aryl methyl sites for hydroxylation is 1. The molecule has 52 heavy (non-hydrogen) atoms. The predicted octanol–water partition coefficient (Wildman–Crippen LogP) is 13.4. The highest BCUT2D eigenvalue weighted by Gasteiger charge is 2.46. The lowest BCUT2D eigenvalue weighted by molar-refractivity contribution is 0.596. The molecule has 2 aliphatic rings. The van der Waals surface area contributed by atoms with Gasteiger partial charge in [0.25, 0.3) is 0 Å². The van der Waals surface area contributed by atoms with Crippen molar-refractivity contribution in [2.45, 2.75) is 39.0 Å². The fourth-order valence-corrected chi connectivity index (χ4v) is 8.51. The highest BCUT2D eigenvalue weighted by Crippen LogP contribution is 2.57. The topological polar surface area (TPSA) is 16.4 Å². The largest absolute Gasteiger partial charge is 0.456 e. The number of nitrogens with zero attached hydrogens (tertiary/aromatic N) is 1. The van der Waals surface area contributed by atoms with Crippen LogP contribution in [0.15, 0.2) is 180 Å². The number of benzene rings is 6. The fraction of sp³-hybridized carbons (Fsp3) is 0.120. The number of rotatable bonds is 7. The highest BCUT2D eigenvalue weighted by molar-refractivity contribution is 5.97. The van der Waals surface area contributed by atoms with E-state index in [0.29, 0.717) is 0 Å². The van der Waals surface area contributed by atoms with E-state index in [1.54, 1.807) is 0 Å². The average Bonchev–Trinajstić information content (AvgIpc) is 3.72. The van der Waals surface area contributed by atoms with Crippen molar-refractivity contribution in [3.8, 4) is 22.3 Å². The second kappa shape index (κ2) is 12.9. The minimum Gasteiger partial charge on any atom is -0.456 e. The molecule has 0 N–H and O–H groups in total. The second-order valence-corrected chi connectivity index (χ2v) is 14.3. The van der Waals surface area contributed by atoms with Gasteiger partial charge >= 0.3 is 0 Å². The maximum Gasteiger partial charge on any atom is 0.142 e. The standard InChI is InChI=1S/C50H41NO/c1-34(2)25-26-35(3)51(39-29-27-36(28-30-39)41-21-14-22-45-44-20-11-13-24-48(44)52-49(41)45)40-31-32-43-42-19-10-12-23-46(42)50(47(43)33-40,37-15-6-4-7-16-37)38-17-8-5-9-18-38/h4-10,12-19,21-33H,11,20H2,1-3H3/b35-26+. The molecule has 0 saturated carbocycles. The predicted molar refractivity (Wildman–Crippen MR) is 218 cm³/mol. The van der Waals surface area contributed by atoms with Crippen molar-refractivity contribution in [3.05, 3.63) is 209 Å². The van der Waals surface area contributed by atoms with Crippen LogP contribution in [0, 0.1) is 0 Å². The molecule has 0 bridgehead atoms. The van der Waals surface area contributed by atoms with Crippen molar-refractivity contribution in [2.75, 3.05) is 4.90 Å². The number of hydrogen-bond donors (Lipinski definition) is 0. The zero-order chi connectivity index (χ0) is 35.2. The molecule has 252 valence electrons. The molecule has 0 atom stereocenters. The van der Waals surface area contributed by atoms with Crippen LogP contribution in [-0.4, -0.2) is 0 Å². The maximum absolute atomic E-state index is 6.46. The molecule has 0 fully saturated rings. The van der Waals surface area contributed by atoms with E-state index in [1.165, 1.54) is 49.9 Å². The van der Waals surface area contributed by atoms with Gasteiger partial charge in [0.15, 0.2) is 0 Å². The van der Waals surface area contributed by atoms with Crippen LogP contribution in [0.25, 0.3) is 39.3 Å². The van der Waals surface area contributed by atoms with Gasteiger partial charge in [0.05, 0.1) is 5.41 Å². The van der Waals surface area contributed by atoms with Gasteiger partial charge < -0.3 is 9.32 Å². The fourth-order valence-electron chi connectivity index (χ4n) is 8.51. The van der Waals surface area contributed by atoms with Crippen molar-refractivity contribution in [2.24, 2.45) is 0 Å². The van der Waals surface area contributed by atoms with Gasteiger partial charge in [-0.15, -0.1) is 0 Å². The molecular formula is C50H41NO. The summed E-state index contributed by atoms with van der Waals surface area (Å²) in [6, 6.07) is 53.6. The summed E-state index contributed by atoms with van der Waals surface area (Å²) in [5, 5.41) is 1.22. The lowest BCUT2D eigenvalue weighted by Crippen LogP contribution is -2.28. The Labute approximate surface area is 306 Å². The lowest BCUT2D eigenvalue weighted by atomic mass is 9.67. The summed E-state index contributed by atoms with van der Waals surface area (Å²) >= 11 is 0. The van der Waals surface area contributed by atoms with Crippen LogP contribution in [0.4, 0.5) is 11.4 Å². The van der Waals surface area contributed by atoms with E-state index in [1.807, 2.05) is 0 Å². The summed E-state index contributed by atoms with van der Waals surface area (Å²) < 4.78 is 6.46. The van der Waals surface area contributed by atoms with E-state index in [0.717, 1.165) is 52.4 Å². The van der Waals surface area contributed by atoms with Crippen molar-refractivity contribution in [3.63, 3.8) is 0 Å². The lowest BCUT2D eigenvalue weighted by Gasteiger charge is -2.35. The molecule has 0 saturated heterocycles. The molecule has 1 aromatic heterocycles. The van der Waals surface area contributed by atoms with Gasteiger partial charge in [-0.25, -0.2) is 0 Å². The van der Waals surface area contributed by atoms with Gasteiger partial charge in [0.2, 0.25) is 0 Å².